The number of fused-ring (bicyclic) bond motifs is 1. The fourth-order valence-electron chi connectivity index (χ4n) is 3.80. The van der Waals surface area contributed by atoms with E-state index in [0.29, 0.717) is 6.42 Å². The van der Waals surface area contributed by atoms with Gasteiger partial charge in [0.15, 0.2) is 0 Å². The monoisotopic (exact) mass is 315 g/mol. The van der Waals surface area contributed by atoms with Crippen LogP contribution >= 0.6 is 0 Å². The first kappa shape index (κ1) is 16.0. The minimum absolute atomic E-state index is 0.0362. The highest BCUT2D eigenvalue weighted by Gasteiger charge is 2.38. The van der Waals surface area contributed by atoms with Crippen molar-refractivity contribution in [3.05, 3.63) is 30.1 Å². The lowest BCUT2D eigenvalue weighted by molar-refractivity contribution is -0.136. The zero-order chi connectivity index (χ0) is 16.1. The number of carbonyl (C=O) groups excluding carboxylic acids is 2. The van der Waals surface area contributed by atoms with Gasteiger partial charge >= 0.3 is 0 Å². The maximum Gasteiger partial charge on any atom is 0.227 e. The standard InChI is InChI=1S/C18H25N3O2/c22-17(12-14-6-5-9-19-13-14)21-11-3-1-2-10-20-18(23)15-7-4-8-16(15)21/h5-6,9,13,15-16H,1-4,7-8,10-12H2,(H,20,23)/t15-,16+/m1/s1. The van der Waals surface area contributed by atoms with E-state index in [2.05, 4.69) is 10.3 Å². The van der Waals surface area contributed by atoms with Crippen LogP contribution in [0.4, 0.5) is 0 Å². The minimum Gasteiger partial charge on any atom is -0.356 e. The lowest BCUT2D eigenvalue weighted by Crippen LogP contribution is -2.48. The van der Waals surface area contributed by atoms with Crippen LogP contribution in [0, 0.1) is 5.92 Å². The molecule has 1 aliphatic heterocycles. The Morgan fingerprint density at radius 3 is 3.00 bits per heavy atom. The molecule has 0 radical (unpaired) electrons. The number of amides is 2. The number of hydrogen-bond donors (Lipinski definition) is 1. The molecule has 5 heteroatoms. The second kappa shape index (κ2) is 7.57. The lowest BCUT2D eigenvalue weighted by atomic mass is 9.98. The quantitative estimate of drug-likeness (QED) is 0.907. The molecule has 0 aromatic carbocycles. The first-order valence-electron chi connectivity index (χ1n) is 8.72. The predicted molar refractivity (Wildman–Crippen MR) is 87.6 cm³/mol. The number of carbonyl (C=O) groups is 2. The van der Waals surface area contributed by atoms with E-state index in [1.54, 1.807) is 12.4 Å². The van der Waals surface area contributed by atoms with Gasteiger partial charge in [-0.15, -0.1) is 0 Å². The van der Waals surface area contributed by atoms with Crippen molar-refractivity contribution in [1.82, 2.24) is 15.2 Å². The first-order chi connectivity index (χ1) is 11.3. The maximum atomic E-state index is 12.8. The van der Waals surface area contributed by atoms with Crippen LogP contribution in [0.1, 0.15) is 44.1 Å². The molecule has 1 saturated carbocycles. The number of rotatable bonds is 2. The number of aromatic nitrogens is 1. The molecule has 0 bridgehead atoms. The summed E-state index contributed by atoms with van der Waals surface area (Å²) in [6.45, 7) is 1.54. The van der Waals surface area contributed by atoms with Gasteiger partial charge in [-0.3, -0.25) is 14.6 Å². The summed E-state index contributed by atoms with van der Waals surface area (Å²) in [6.07, 6.45) is 9.76. The molecule has 2 amide bonds. The molecule has 1 saturated heterocycles. The molecule has 124 valence electrons. The van der Waals surface area contributed by atoms with Crippen LogP contribution in [0.2, 0.25) is 0 Å². The highest BCUT2D eigenvalue weighted by Crippen LogP contribution is 2.31. The van der Waals surface area contributed by atoms with Gasteiger partial charge < -0.3 is 10.2 Å². The van der Waals surface area contributed by atoms with E-state index in [0.717, 1.165) is 57.2 Å². The third-order valence-corrected chi connectivity index (χ3v) is 4.99. The van der Waals surface area contributed by atoms with Crippen LogP contribution in [0.15, 0.2) is 24.5 Å². The van der Waals surface area contributed by atoms with Gasteiger partial charge in [0.25, 0.3) is 0 Å². The van der Waals surface area contributed by atoms with Crippen LogP contribution in [0.3, 0.4) is 0 Å². The predicted octanol–water partition coefficient (Wildman–Crippen LogP) is 1.92. The van der Waals surface area contributed by atoms with E-state index >= 15 is 0 Å². The molecular weight excluding hydrogens is 290 g/mol. The van der Waals surface area contributed by atoms with E-state index in [9.17, 15) is 9.59 Å². The SMILES string of the molecule is O=C1NCCCCCN(C(=O)Cc2cccnc2)[C@H]2CCC[C@@H]12. The van der Waals surface area contributed by atoms with E-state index in [1.807, 2.05) is 17.0 Å². The fourth-order valence-corrected chi connectivity index (χ4v) is 3.80. The first-order valence-corrected chi connectivity index (χ1v) is 8.72. The minimum atomic E-state index is -0.0362. The molecule has 2 fully saturated rings. The fraction of sp³-hybridized carbons (Fsp3) is 0.611. The summed E-state index contributed by atoms with van der Waals surface area (Å²) in [6, 6.07) is 3.86. The van der Waals surface area contributed by atoms with Crippen molar-refractivity contribution in [3.8, 4) is 0 Å². The van der Waals surface area contributed by atoms with Gasteiger partial charge in [0.05, 0.1) is 12.3 Å². The smallest absolute Gasteiger partial charge is 0.227 e. The third-order valence-electron chi connectivity index (χ3n) is 4.99. The average Bonchev–Trinajstić information content (AvgIpc) is 3.04. The average molecular weight is 315 g/mol. The lowest BCUT2D eigenvalue weighted by Gasteiger charge is -2.33. The summed E-state index contributed by atoms with van der Waals surface area (Å²) in [5.41, 5.74) is 0.939. The molecule has 0 unspecified atom stereocenters. The Morgan fingerprint density at radius 1 is 1.26 bits per heavy atom. The van der Waals surface area contributed by atoms with Gasteiger partial charge in [-0.05, 0) is 43.7 Å². The van der Waals surface area contributed by atoms with Crippen molar-refractivity contribution in [1.29, 1.82) is 0 Å². The molecule has 2 aliphatic rings. The zero-order valence-electron chi connectivity index (χ0n) is 13.5. The maximum absolute atomic E-state index is 12.8. The third kappa shape index (κ3) is 3.89. The van der Waals surface area contributed by atoms with E-state index in [1.165, 1.54) is 0 Å². The van der Waals surface area contributed by atoms with Gasteiger partial charge in [0.1, 0.15) is 0 Å². The Balaban J connectivity index is 1.75. The Labute approximate surface area is 137 Å². The number of nitrogens with zero attached hydrogens (tertiary/aromatic N) is 2. The molecule has 2 heterocycles. The second-order valence-electron chi connectivity index (χ2n) is 6.58. The van der Waals surface area contributed by atoms with Gasteiger partial charge in [-0.2, -0.15) is 0 Å². The number of hydrogen-bond acceptors (Lipinski definition) is 3. The largest absolute Gasteiger partial charge is 0.356 e. The van der Waals surface area contributed by atoms with Crippen molar-refractivity contribution in [3.63, 3.8) is 0 Å². The van der Waals surface area contributed by atoms with Crippen molar-refractivity contribution >= 4 is 11.8 Å². The van der Waals surface area contributed by atoms with E-state index in [4.69, 9.17) is 0 Å². The Hall–Kier alpha value is -1.91. The Kier molecular flexibility index (Phi) is 5.26. The Morgan fingerprint density at radius 2 is 2.17 bits per heavy atom. The van der Waals surface area contributed by atoms with Crippen molar-refractivity contribution in [2.45, 2.75) is 51.0 Å². The van der Waals surface area contributed by atoms with Gasteiger partial charge in [0.2, 0.25) is 11.8 Å². The van der Waals surface area contributed by atoms with Crippen molar-refractivity contribution in [2.24, 2.45) is 5.92 Å². The second-order valence-corrected chi connectivity index (χ2v) is 6.58. The number of pyridine rings is 1. The van der Waals surface area contributed by atoms with Gasteiger partial charge in [-0.25, -0.2) is 0 Å². The summed E-state index contributed by atoms with van der Waals surface area (Å²) in [5, 5.41) is 3.05. The van der Waals surface area contributed by atoms with Crippen molar-refractivity contribution < 1.29 is 9.59 Å². The molecular formula is C18H25N3O2. The van der Waals surface area contributed by atoms with Gasteiger partial charge in [0, 0.05) is 31.5 Å². The molecule has 0 spiro atoms. The summed E-state index contributed by atoms with van der Waals surface area (Å²) in [7, 11) is 0. The van der Waals surface area contributed by atoms with Crippen LogP contribution in [-0.4, -0.2) is 40.8 Å². The Bertz CT molecular complexity index is 546. The van der Waals surface area contributed by atoms with Crippen LogP contribution < -0.4 is 5.32 Å². The molecule has 1 N–H and O–H groups in total. The van der Waals surface area contributed by atoms with Crippen LogP contribution in [-0.2, 0) is 16.0 Å². The van der Waals surface area contributed by atoms with Crippen LogP contribution in [0.25, 0.3) is 0 Å². The van der Waals surface area contributed by atoms with Gasteiger partial charge in [-0.1, -0.05) is 12.5 Å². The number of nitrogens with one attached hydrogen (secondary N) is 1. The zero-order valence-corrected chi connectivity index (χ0v) is 13.5. The molecule has 3 rings (SSSR count). The summed E-state index contributed by atoms with van der Waals surface area (Å²) in [5.74, 6) is 0.225. The van der Waals surface area contributed by atoms with Crippen molar-refractivity contribution in [2.75, 3.05) is 13.1 Å². The highest BCUT2D eigenvalue weighted by molar-refractivity contribution is 5.83. The van der Waals surface area contributed by atoms with E-state index in [-0.39, 0.29) is 23.8 Å². The molecule has 1 aromatic heterocycles. The van der Waals surface area contributed by atoms with Crippen LogP contribution in [0.5, 0.6) is 0 Å². The highest BCUT2D eigenvalue weighted by atomic mass is 16.2. The summed E-state index contributed by atoms with van der Waals surface area (Å²) in [4.78, 5) is 31.3. The molecule has 1 aliphatic carbocycles. The topological polar surface area (TPSA) is 62.3 Å². The normalized spacial score (nSPS) is 25.6. The molecule has 23 heavy (non-hydrogen) atoms. The molecule has 5 nitrogen and oxygen atoms in total. The summed E-state index contributed by atoms with van der Waals surface area (Å²) >= 11 is 0. The van der Waals surface area contributed by atoms with E-state index < -0.39 is 0 Å². The molecule has 1 aromatic rings. The summed E-state index contributed by atoms with van der Waals surface area (Å²) < 4.78 is 0. The molecule has 2 atom stereocenters.